The Morgan fingerprint density at radius 1 is 1.19 bits per heavy atom. The van der Waals surface area contributed by atoms with Gasteiger partial charge in [0, 0.05) is 19.6 Å². The number of para-hydroxylation sites is 1. The highest BCUT2D eigenvalue weighted by molar-refractivity contribution is 5.98. The van der Waals surface area contributed by atoms with Crippen LogP contribution < -0.4 is 14.8 Å². The fourth-order valence-corrected chi connectivity index (χ4v) is 3.17. The van der Waals surface area contributed by atoms with Gasteiger partial charge in [-0.3, -0.25) is 4.79 Å². The smallest absolute Gasteiger partial charge is 0.258 e. The number of halogens is 2. The molecule has 2 aromatic carbocycles. The monoisotopic (exact) mass is 380 g/mol. The fourth-order valence-electron chi connectivity index (χ4n) is 3.17. The fraction of sp³-hybridized carbons (Fsp3) is 0.316. The minimum atomic E-state index is -0.311. The molecule has 0 saturated carbocycles. The Morgan fingerprint density at radius 2 is 1.96 bits per heavy atom. The third-order valence-electron chi connectivity index (χ3n) is 4.37. The number of carbonyl (C=O) groups is 1. The summed E-state index contributed by atoms with van der Waals surface area (Å²) in [4.78, 5) is 14.9. The molecule has 0 spiro atoms. The van der Waals surface area contributed by atoms with Crippen LogP contribution in [0.1, 0.15) is 22.0 Å². The number of rotatable bonds is 4. The summed E-state index contributed by atoms with van der Waals surface area (Å²) in [7, 11) is 3.04. The first-order chi connectivity index (χ1) is 12.2. The van der Waals surface area contributed by atoms with Crippen LogP contribution in [0.25, 0.3) is 0 Å². The van der Waals surface area contributed by atoms with Gasteiger partial charge in [0.1, 0.15) is 5.82 Å². The normalized spacial score (nSPS) is 16.6. The molecule has 140 valence electrons. The molecule has 1 aliphatic rings. The summed E-state index contributed by atoms with van der Waals surface area (Å²) in [5.74, 6) is 0.443. The lowest BCUT2D eigenvalue weighted by molar-refractivity contribution is 0.0630. The topological polar surface area (TPSA) is 50.8 Å². The van der Waals surface area contributed by atoms with E-state index in [1.165, 1.54) is 26.4 Å². The zero-order chi connectivity index (χ0) is 17.8. The van der Waals surface area contributed by atoms with Crippen LogP contribution in [0.3, 0.4) is 0 Å². The van der Waals surface area contributed by atoms with E-state index in [1.54, 1.807) is 29.2 Å². The number of benzene rings is 2. The predicted molar refractivity (Wildman–Crippen MR) is 99.8 cm³/mol. The largest absolute Gasteiger partial charge is 0.493 e. The van der Waals surface area contributed by atoms with Gasteiger partial charge in [0.15, 0.2) is 11.5 Å². The molecule has 0 aromatic heterocycles. The molecule has 0 aliphatic carbocycles. The first-order valence-corrected chi connectivity index (χ1v) is 8.14. The number of hydrogen-bond donors (Lipinski definition) is 1. The van der Waals surface area contributed by atoms with Gasteiger partial charge in [-0.2, -0.15) is 0 Å². The molecular weight excluding hydrogens is 359 g/mol. The van der Waals surface area contributed by atoms with E-state index < -0.39 is 0 Å². The Kier molecular flexibility index (Phi) is 6.83. The number of amides is 1. The van der Waals surface area contributed by atoms with Gasteiger partial charge in [0.2, 0.25) is 0 Å². The Balaban J connectivity index is 0.00000243. The lowest BCUT2D eigenvalue weighted by atomic mass is 10.0. The Bertz CT molecular complexity index is 772. The minimum absolute atomic E-state index is 0. The van der Waals surface area contributed by atoms with Gasteiger partial charge in [0.05, 0.1) is 25.8 Å². The van der Waals surface area contributed by atoms with Crippen molar-refractivity contribution >= 4 is 18.3 Å². The molecule has 1 atom stereocenters. The van der Waals surface area contributed by atoms with Crippen molar-refractivity contribution in [2.75, 3.05) is 33.9 Å². The van der Waals surface area contributed by atoms with E-state index in [0.717, 1.165) is 5.56 Å². The molecule has 1 aliphatic heterocycles. The molecule has 1 heterocycles. The zero-order valence-electron chi connectivity index (χ0n) is 14.7. The maximum atomic E-state index is 13.6. The SMILES string of the molecule is COc1cccc(C(=O)N2CCNCC2c2cccc(F)c2)c1OC.Cl. The summed E-state index contributed by atoms with van der Waals surface area (Å²) >= 11 is 0. The van der Waals surface area contributed by atoms with Crippen molar-refractivity contribution in [3.63, 3.8) is 0 Å². The Labute approximate surface area is 158 Å². The molecular formula is C19H22ClFN2O3. The molecule has 5 nitrogen and oxygen atoms in total. The summed E-state index contributed by atoms with van der Waals surface area (Å²) in [5.41, 5.74) is 1.20. The van der Waals surface area contributed by atoms with E-state index in [9.17, 15) is 9.18 Å². The van der Waals surface area contributed by atoms with Crippen molar-refractivity contribution in [2.24, 2.45) is 0 Å². The van der Waals surface area contributed by atoms with Gasteiger partial charge in [-0.25, -0.2) is 4.39 Å². The minimum Gasteiger partial charge on any atom is -0.493 e. The van der Waals surface area contributed by atoms with E-state index in [4.69, 9.17) is 9.47 Å². The highest BCUT2D eigenvalue weighted by Crippen LogP contribution is 2.33. The van der Waals surface area contributed by atoms with Crippen LogP contribution in [0, 0.1) is 5.82 Å². The first kappa shape index (κ1) is 20.0. The molecule has 1 N–H and O–H groups in total. The second kappa shape index (κ2) is 8.87. The van der Waals surface area contributed by atoms with E-state index in [2.05, 4.69) is 5.32 Å². The standard InChI is InChI=1S/C19H21FN2O3.ClH/c1-24-17-8-4-7-15(18(17)25-2)19(23)22-10-9-21-12-16(22)13-5-3-6-14(20)11-13;/h3-8,11,16,21H,9-10,12H2,1-2H3;1H. The van der Waals surface area contributed by atoms with Gasteiger partial charge < -0.3 is 19.7 Å². The van der Waals surface area contributed by atoms with Crippen molar-refractivity contribution in [1.82, 2.24) is 10.2 Å². The number of methoxy groups -OCH3 is 2. The van der Waals surface area contributed by atoms with E-state index in [1.807, 2.05) is 6.07 Å². The van der Waals surface area contributed by atoms with Crippen molar-refractivity contribution in [2.45, 2.75) is 6.04 Å². The molecule has 2 aromatic rings. The van der Waals surface area contributed by atoms with Crippen LogP contribution in [0.2, 0.25) is 0 Å². The van der Waals surface area contributed by atoms with Crippen molar-refractivity contribution < 1.29 is 18.7 Å². The molecule has 1 unspecified atom stereocenters. The van der Waals surface area contributed by atoms with Crippen LogP contribution in [0.5, 0.6) is 11.5 Å². The summed E-state index contributed by atoms with van der Waals surface area (Å²) in [6.45, 7) is 1.78. The number of hydrogen-bond acceptors (Lipinski definition) is 4. The third kappa shape index (κ3) is 3.92. The van der Waals surface area contributed by atoms with Gasteiger partial charge in [0.25, 0.3) is 5.91 Å². The molecule has 26 heavy (non-hydrogen) atoms. The van der Waals surface area contributed by atoms with Crippen LogP contribution in [0.4, 0.5) is 4.39 Å². The summed E-state index contributed by atoms with van der Waals surface area (Å²) in [6.07, 6.45) is 0. The number of nitrogens with zero attached hydrogens (tertiary/aromatic N) is 1. The molecule has 3 rings (SSSR count). The van der Waals surface area contributed by atoms with E-state index >= 15 is 0 Å². The molecule has 1 fully saturated rings. The van der Waals surface area contributed by atoms with Gasteiger partial charge in [-0.05, 0) is 29.8 Å². The third-order valence-corrected chi connectivity index (χ3v) is 4.37. The number of ether oxygens (including phenoxy) is 2. The highest BCUT2D eigenvalue weighted by Gasteiger charge is 2.31. The number of piperazine rings is 1. The summed E-state index contributed by atoms with van der Waals surface area (Å²) < 4.78 is 24.3. The zero-order valence-corrected chi connectivity index (χ0v) is 15.5. The summed E-state index contributed by atoms with van der Waals surface area (Å²) in [6, 6.07) is 11.3. The summed E-state index contributed by atoms with van der Waals surface area (Å²) in [5, 5.41) is 3.27. The first-order valence-electron chi connectivity index (χ1n) is 8.14. The van der Waals surface area contributed by atoms with Gasteiger partial charge in [-0.15, -0.1) is 12.4 Å². The molecule has 1 saturated heterocycles. The van der Waals surface area contributed by atoms with Crippen molar-refractivity contribution in [1.29, 1.82) is 0 Å². The average Bonchev–Trinajstić information content (AvgIpc) is 2.66. The predicted octanol–water partition coefficient (Wildman–Crippen LogP) is 3.05. The number of nitrogens with one attached hydrogen (secondary N) is 1. The van der Waals surface area contributed by atoms with Crippen LogP contribution >= 0.6 is 12.4 Å². The lowest BCUT2D eigenvalue weighted by Gasteiger charge is -2.37. The van der Waals surface area contributed by atoms with E-state index in [0.29, 0.717) is 36.7 Å². The Morgan fingerprint density at radius 3 is 2.65 bits per heavy atom. The Hall–Kier alpha value is -2.31. The maximum Gasteiger partial charge on any atom is 0.258 e. The lowest BCUT2D eigenvalue weighted by Crippen LogP contribution is -2.48. The molecule has 7 heteroatoms. The highest BCUT2D eigenvalue weighted by atomic mass is 35.5. The molecule has 0 radical (unpaired) electrons. The average molecular weight is 381 g/mol. The number of carbonyl (C=O) groups excluding carboxylic acids is 1. The van der Waals surface area contributed by atoms with Gasteiger partial charge in [-0.1, -0.05) is 18.2 Å². The van der Waals surface area contributed by atoms with Crippen molar-refractivity contribution in [3.8, 4) is 11.5 Å². The maximum absolute atomic E-state index is 13.6. The quantitative estimate of drug-likeness (QED) is 0.885. The molecule has 0 bridgehead atoms. The van der Waals surface area contributed by atoms with Crippen LogP contribution in [0.15, 0.2) is 42.5 Å². The van der Waals surface area contributed by atoms with Crippen molar-refractivity contribution in [3.05, 3.63) is 59.4 Å². The van der Waals surface area contributed by atoms with Crippen LogP contribution in [-0.2, 0) is 0 Å². The van der Waals surface area contributed by atoms with Gasteiger partial charge >= 0.3 is 0 Å². The van der Waals surface area contributed by atoms with Crippen LogP contribution in [-0.4, -0.2) is 44.7 Å². The second-order valence-electron chi connectivity index (χ2n) is 5.81. The second-order valence-corrected chi connectivity index (χ2v) is 5.81. The molecule has 1 amide bonds. The van der Waals surface area contributed by atoms with E-state index in [-0.39, 0.29) is 30.2 Å².